The van der Waals surface area contributed by atoms with Crippen LogP contribution in [0.15, 0.2) is 59.6 Å². The molecule has 0 bridgehead atoms. The molecule has 1 aromatic heterocycles. The quantitative estimate of drug-likeness (QED) is 0.482. The molecule has 2 aromatic carbocycles. The van der Waals surface area contributed by atoms with Crippen molar-refractivity contribution in [1.82, 2.24) is 3.97 Å². The molecule has 3 rings (SSSR count). The number of aromatic nitrogens is 1. The van der Waals surface area contributed by atoms with Crippen LogP contribution in [0, 0.1) is 17.0 Å². The van der Waals surface area contributed by atoms with Gasteiger partial charge in [0.2, 0.25) is 5.75 Å². The number of rotatable bonds is 6. The predicted molar refractivity (Wildman–Crippen MR) is 104 cm³/mol. The summed E-state index contributed by atoms with van der Waals surface area (Å²) in [7, 11) is -2.96. The molecule has 0 radical (unpaired) electrons. The number of methoxy groups -OCH3 is 1. The predicted octanol–water partition coefficient (Wildman–Crippen LogP) is 3.32. The Bertz CT molecular complexity index is 1210. The number of carboxylic acid groups (broad SMARTS) is 1. The summed E-state index contributed by atoms with van der Waals surface area (Å²) in [5.74, 6) is -1.56. The van der Waals surface area contributed by atoms with Gasteiger partial charge in [-0.25, -0.2) is 17.2 Å². The van der Waals surface area contributed by atoms with E-state index < -0.39 is 26.6 Å². The van der Waals surface area contributed by atoms with Gasteiger partial charge in [-0.05, 0) is 25.1 Å². The lowest BCUT2D eigenvalue weighted by Crippen LogP contribution is -2.17. The Labute approximate surface area is 166 Å². The van der Waals surface area contributed by atoms with Crippen LogP contribution in [0.5, 0.6) is 5.75 Å². The van der Waals surface area contributed by atoms with Gasteiger partial charge in [0.25, 0.3) is 10.0 Å². The molecule has 0 fully saturated rings. The Morgan fingerprint density at radius 3 is 2.38 bits per heavy atom. The number of ether oxygens (including phenoxy) is 1. The second kappa shape index (κ2) is 7.40. The number of nitrogens with zero attached hydrogens (tertiary/aromatic N) is 2. The fourth-order valence-electron chi connectivity index (χ4n) is 2.88. The Kier molecular flexibility index (Phi) is 5.12. The van der Waals surface area contributed by atoms with Gasteiger partial charge in [-0.1, -0.05) is 29.8 Å². The van der Waals surface area contributed by atoms with Gasteiger partial charge in [0.05, 0.1) is 16.9 Å². The molecule has 0 unspecified atom stereocenters. The normalized spacial score (nSPS) is 11.2. The maximum absolute atomic E-state index is 13.0. The third-order valence-electron chi connectivity index (χ3n) is 4.29. The van der Waals surface area contributed by atoms with E-state index in [9.17, 15) is 28.4 Å². The molecule has 0 atom stereocenters. The lowest BCUT2D eigenvalue weighted by molar-refractivity contribution is -0.385. The second-order valence-electron chi connectivity index (χ2n) is 6.15. The third kappa shape index (κ3) is 3.57. The summed E-state index contributed by atoms with van der Waals surface area (Å²) < 4.78 is 31.8. The number of carbonyl (C=O) groups is 1. The van der Waals surface area contributed by atoms with Crippen LogP contribution in [-0.2, 0) is 10.0 Å². The number of para-hydroxylation sites is 1. The molecule has 9 nitrogen and oxygen atoms in total. The third-order valence-corrected chi connectivity index (χ3v) is 5.98. The van der Waals surface area contributed by atoms with Gasteiger partial charge in [0, 0.05) is 23.4 Å². The van der Waals surface area contributed by atoms with Crippen molar-refractivity contribution in [2.24, 2.45) is 0 Å². The van der Waals surface area contributed by atoms with Gasteiger partial charge >= 0.3 is 11.7 Å². The molecule has 0 saturated carbocycles. The summed E-state index contributed by atoms with van der Waals surface area (Å²) in [4.78, 5) is 22.2. The average molecular weight is 416 g/mol. The molecule has 0 aliphatic rings. The molecule has 0 amide bonds. The van der Waals surface area contributed by atoms with Crippen LogP contribution < -0.4 is 4.74 Å². The molecule has 1 N–H and O–H groups in total. The van der Waals surface area contributed by atoms with E-state index in [1.165, 1.54) is 37.4 Å². The number of nitro benzene ring substituents is 1. The van der Waals surface area contributed by atoms with Gasteiger partial charge in [-0.2, -0.15) is 0 Å². The first-order valence-corrected chi connectivity index (χ1v) is 9.70. The van der Waals surface area contributed by atoms with Crippen LogP contribution in [0.3, 0.4) is 0 Å². The molecule has 3 aromatic rings. The van der Waals surface area contributed by atoms with E-state index in [4.69, 9.17) is 4.74 Å². The van der Waals surface area contributed by atoms with Gasteiger partial charge in [-0.15, -0.1) is 0 Å². The summed E-state index contributed by atoms with van der Waals surface area (Å²) in [5.41, 5.74) is 0.364. The van der Waals surface area contributed by atoms with Gasteiger partial charge < -0.3 is 9.84 Å². The molecular weight excluding hydrogens is 400 g/mol. The number of aryl methyl sites for hydroxylation is 1. The van der Waals surface area contributed by atoms with E-state index >= 15 is 0 Å². The van der Waals surface area contributed by atoms with Crippen LogP contribution in [0.2, 0.25) is 0 Å². The first-order chi connectivity index (χ1) is 13.7. The van der Waals surface area contributed by atoms with Crippen molar-refractivity contribution in [2.75, 3.05) is 7.11 Å². The highest BCUT2D eigenvalue weighted by atomic mass is 32.2. The lowest BCUT2D eigenvalue weighted by Gasteiger charge is -2.09. The minimum atomic E-state index is -4.20. The van der Waals surface area contributed by atoms with E-state index in [1.54, 1.807) is 19.1 Å². The van der Waals surface area contributed by atoms with Crippen LogP contribution in [-0.4, -0.2) is 35.5 Å². The maximum atomic E-state index is 13.0. The number of hydrogen-bond donors (Lipinski definition) is 1. The number of hydrogen-bond acceptors (Lipinski definition) is 6. The zero-order valence-electron chi connectivity index (χ0n) is 15.4. The van der Waals surface area contributed by atoms with Gasteiger partial charge in [0.1, 0.15) is 5.69 Å². The Morgan fingerprint density at radius 1 is 1.17 bits per heavy atom. The topological polar surface area (TPSA) is 129 Å². The van der Waals surface area contributed by atoms with Gasteiger partial charge in [0.15, 0.2) is 0 Å². The minimum Gasteiger partial charge on any atom is -0.490 e. The number of carboxylic acids is 1. The highest BCUT2D eigenvalue weighted by Crippen LogP contribution is 2.38. The lowest BCUT2D eigenvalue weighted by atomic mass is 10.1. The number of aromatic carboxylic acids is 1. The Balaban J connectivity index is 2.24. The maximum Gasteiger partial charge on any atom is 0.353 e. The summed E-state index contributed by atoms with van der Waals surface area (Å²) in [6, 6.07) is 11.2. The van der Waals surface area contributed by atoms with Crippen molar-refractivity contribution >= 4 is 21.7 Å². The Hall–Kier alpha value is -3.66. The van der Waals surface area contributed by atoms with Crippen molar-refractivity contribution < 1.29 is 28.0 Å². The molecule has 0 aliphatic heterocycles. The molecular formula is C19H16N2O7S. The van der Waals surface area contributed by atoms with E-state index in [1.807, 2.05) is 0 Å². The standard InChI is InChI=1S/C19H16N2O7S/c1-12-6-8-14(9-7-12)29(26,27)20-11-13(10-17(20)19(22)23)15-4-3-5-16(21(24)25)18(15)28-2/h3-11H,1-2H3,(H,22,23). The van der Waals surface area contributed by atoms with Crippen molar-refractivity contribution in [3.05, 3.63) is 76.1 Å². The van der Waals surface area contributed by atoms with E-state index in [2.05, 4.69) is 0 Å². The SMILES string of the molecule is COc1c(-c2cc(C(=O)O)n(S(=O)(=O)c3ccc(C)cc3)c2)cccc1[N+](=O)[O-]. The molecule has 29 heavy (non-hydrogen) atoms. The largest absolute Gasteiger partial charge is 0.490 e. The number of benzene rings is 2. The fourth-order valence-corrected chi connectivity index (χ4v) is 4.23. The van der Waals surface area contributed by atoms with Crippen LogP contribution in [0.25, 0.3) is 11.1 Å². The first-order valence-electron chi connectivity index (χ1n) is 8.26. The average Bonchev–Trinajstić information content (AvgIpc) is 3.14. The zero-order valence-corrected chi connectivity index (χ0v) is 16.2. The zero-order chi connectivity index (χ0) is 21.3. The van der Waals surface area contributed by atoms with E-state index in [-0.39, 0.29) is 27.5 Å². The molecule has 1 heterocycles. The summed E-state index contributed by atoms with van der Waals surface area (Å²) >= 11 is 0. The molecule has 0 spiro atoms. The summed E-state index contributed by atoms with van der Waals surface area (Å²) in [6.07, 6.45) is 1.11. The Morgan fingerprint density at radius 2 is 1.83 bits per heavy atom. The van der Waals surface area contributed by atoms with Crippen molar-refractivity contribution in [2.45, 2.75) is 11.8 Å². The van der Waals surface area contributed by atoms with Crippen LogP contribution >= 0.6 is 0 Å². The minimum absolute atomic E-state index is 0.0845. The second-order valence-corrected chi connectivity index (χ2v) is 7.96. The molecule has 0 saturated heterocycles. The van der Waals surface area contributed by atoms with Crippen molar-refractivity contribution in [1.29, 1.82) is 0 Å². The highest BCUT2D eigenvalue weighted by Gasteiger charge is 2.27. The van der Waals surface area contributed by atoms with Crippen molar-refractivity contribution in [3.8, 4) is 16.9 Å². The van der Waals surface area contributed by atoms with E-state index in [0.29, 0.717) is 3.97 Å². The van der Waals surface area contributed by atoms with Gasteiger partial charge in [-0.3, -0.25) is 10.1 Å². The number of nitro groups is 1. The monoisotopic (exact) mass is 416 g/mol. The smallest absolute Gasteiger partial charge is 0.353 e. The molecule has 150 valence electrons. The summed E-state index contributed by atoms with van der Waals surface area (Å²) in [6.45, 7) is 1.79. The first kappa shape index (κ1) is 20.1. The molecule has 0 aliphatic carbocycles. The van der Waals surface area contributed by atoms with Crippen LogP contribution in [0.4, 0.5) is 5.69 Å². The fraction of sp³-hybridized carbons (Fsp3) is 0.105. The van der Waals surface area contributed by atoms with Crippen LogP contribution in [0.1, 0.15) is 16.1 Å². The van der Waals surface area contributed by atoms with E-state index in [0.717, 1.165) is 17.8 Å². The highest BCUT2D eigenvalue weighted by molar-refractivity contribution is 7.90. The summed E-state index contributed by atoms with van der Waals surface area (Å²) in [5, 5.41) is 20.8. The van der Waals surface area contributed by atoms with Crippen molar-refractivity contribution in [3.63, 3.8) is 0 Å². The molecule has 10 heteroatoms.